The van der Waals surface area contributed by atoms with Crippen molar-refractivity contribution in [3.8, 4) is 0 Å². The largest absolute Gasteiger partial charge is 0.338 e. The molecule has 6 nitrogen and oxygen atoms in total. The summed E-state index contributed by atoms with van der Waals surface area (Å²) in [5.41, 5.74) is 5.73. The number of carbonyl (C=O) groups is 2. The van der Waals surface area contributed by atoms with Crippen LogP contribution in [-0.2, 0) is 4.79 Å². The Morgan fingerprint density at radius 2 is 2.11 bits per heavy atom. The van der Waals surface area contributed by atoms with Gasteiger partial charge in [-0.05, 0) is 12.3 Å². The summed E-state index contributed by atoms with van der Waals surface area (Å²) in [4.78, 5) is 24.8. The van der Waals surface area contributed by atoms with E-state index < -0.39 is 6.03 Å². The molecule has 0 bridgehead atoms. The zero-order valence-electron chi connectivity index (χ0n) is 10.9. The Bertz CT molecular complexity index is 286. The number of halogens is 1. The van der Waals surface area contributed by atoms with Crippen LogP contribution in [0.1, 0.15) is 20.3 Å². The molecular weight excluding hydrogens is 256 g/mol. The lowest BCUT2D eigenvalue weighted by Gasteiger charge is -2.14. The Morgan fingerprint density at radius 1 is 1.44 bits per heavy atom. The van der Waals surface area contributed by atoms with Crippen molar-refractivity contribution in [2.24, 2.45) is 11.7 Å². The lowest BCUT2D eigenvalue weighted by atomic mass is 10.2. The van der Waals surface area contributed by atoms with Gasteiger partial charge in [0.05, 0.1) is 6.54 Å². The van der Waals surface area contributed by atoms with Crippen molar-refractivity contribution in [2.45, 2.75) is 26.3 Å². The summed E-state index contributed by atoms with van der Waals surface area (Å²) < 4.78 is 0. The van der Waals surface area contributed by atoms with E-state index in [0.717, 1.165) is 19.5 Å². The molecule has 1 aliphatic rings. The molecule has 3 amide bonds. The van der Waals surface area contributed by atoms with Gasteiger partial charge < -0.3 is 11.1 Å². The van der Waals surface area contributed by atoms with Crippen molar-refractivity contribution >= 4 is 24.3 Å². The fourth-order valence-electron chi connectivity index (χ4n) is 1.72. The van der Waals surface area contributed by atoms with Crippen LogP contribution < -0.4 is 16.4 Å². The summed E-state index contributed by atoms with van der Waals surface area (Å²) in [6.45, 7) is 6.33. The lowest BCUT2D eigenvalue weighted by molar-refractivity contribution is -0.120. The number of carbonyl (C=O) groups excluding carboxylic acids is 2. The molecule has 1 saturated heterocycles. The third kappa shape index (κ3) is 6.78. The molecule has 0 spiro atoms. The Balaban J connectivity index is 0.00000289. The van der Waals surface area contributed by atoms with E-state index in [1.54, 1.807) is 0 Å². The summed E-state index contributed by atoms with van der Waals surface area (Å²) in [5.74, 6) is 0.0905. The first kappa shape index (κ1) is 17.2. The number of nitrogens with one attached hydrogen (secondary N) is 2. The Kier molecular flexibility index (Phi) is 7.90. The molecule has 0 aliphatic carbocycles. The molecule has 0 aromatic rings. The summed E-state index contributed by atoms with van der Waals surface area (Å²) in [6.07, 6.45) is 0.910. The minimum absolute atomic E-state index is 0. The van der Waals surface area contributed by atoms with Crippen LogP contribution in [0.5, 0.6) is 0 Å². The van der Waals surface area contributed by atoms with Crippen LogP contribution in [0.4, 0.5) is 4.79 Å². The van der Waals surface area contributed by atoms with Crippen LogP contribution in [-0.4, -0.2) is 49.1 Å². The number of hydrogen-bond donors (Lipinski definition) is 3. The van der Waals surface area contributed by atoms with E-state index in [1.165, 1.54) is 0 Å². The topological polar surface area (TPSA) is 87.5 Å². The highest BCUT2D eigenvalue weighted by atomic mass is 35.5. The van der Waals surface area contributed by atoms with Crippen molar-refractivity contribution in [1.29, 1.82) is 0 Å². The molecule has 18 heavy (non-hydrogen) atoms. The summed E-state index contributed by atoms with van der Waals surface area (Å²) in [6, 6.07) is -0.273. The number of imide groups is 1. The highest BCUT2D eigenvalue weighted by Crippen LogP contribution is 2.05. The van der Waals surface area contributed by atoms with Gasteiger partial charge >= 0.3 is 6.03 Å². The van der Waals surface area contributed by atoms with Crippen molar-refractivity contribution in [1.82, 2.24) is 15.5 Å². The summed E-state index contributed by atoms with van der Waals surface area (Å²) in [5, 5.41) is 4.94. The van der Waals surface area contributed by atoms with Crippen molar-refractivity contribution in [2.75, 3.05) is 26.2 Å². The number of likely N-dealkylation sites (tertiary alicyclic amines) is 1. The molecule has 4 N–H and O–H groups in total. The molecule has 7 heteroatoms. The molecule has 0 aromatic carbocycles. The van der Waals surface area contributed by atoms with Crippen molar-refractivity contribution in [3.63, 3.8) is 0 Å². The SMILES string of the molecule is CC(C)CNC(=O)NC(=O)CN1CC[C@H](N)C1.Cl. The highest BCUT2D eigenvalue weighted by molar-refractivity contribution is 5.95. The first-order valence-electron chi connectivity index (χ1n) is 6.03. The van der Waals surface area contributed by atoms with Gasteiger partial charge in [-0.2, -0.15) is 0 Å². The normalized spacial score (nSPS) is 19.4. The quantitative estimate of drug-likeness (QED) is 0.671. The van der Waals surface area contributed by atoms with E-state index in [4.69, 9.17) is 5.73 Å². The molecule has 1 atom stereocenters. The van der Waals surface area contributed by atoms with E-state index >= 15 is 0 Å². The number of rotatable bonds is 4. The zero-order chi connectivity index (χ0) is 12.8. The minimum Gasteiger partial charge on any atom is -0.338 e. The Morgan fingerprint density at radius 3 is 2.61 bits per heavy atom. The van der Waals surface area contributed by atoms with E-state index in [9.17, 15) is 9.59 Å². The molecule has 1 rings (SSSR count). The Labute approximate surface area is 114 Å². The third-order valence-electron chi connectivity index (χ3n) is 2.60. The summed E-state index contributed by atoms with van der Waals surface area (Å²) in [7, 11) is 0. The predicted molar refractivity (Wildman–Crippen MR) is 72.7 cm³/mol. The maximum atomic E-state index is 11.5. The second-order valence-corrected chi connectivity index (χ2v) is 4.94. The standard InChI is InChI=1S/C11H22N4O2.ClH/c1-8(2)5-13-11(17)14-10(16)7-15-4-3-9(12)6-15;/h8-9H,3-7,12H2,1-2H3,(H2,13,14,16,17);1H/t9-;/m0./s1. The summed E-state index contributed by atoms with van der Waals surface area (Å²) >= 11 is 0. The molecule has 1 heterocycles. The molecular formula is C11H23ClN4O2. The third-order valence-corrected chi connectivity index (χ3v) is 2.60. The van der Waals surface area contributed by atoms with Crippen LogP contribution in [0.15, 0.2) is 0 Å². The fourth-order valence-corrected chi connectivity index (χ4v) is 1.72. The van der Waals surface area contributed by atoms with Gasteiger partial charge in [-0.3, -0.25) is 15.0 Å². The van der Waals surface area contributed by atoms with Gasteiger partial charge in [-0.25, -0.2) is 4.79 Å². The number of nitrogens with zero attached hydrogens (tertiary/aromatic N) is 1. The first-order chi connectivity index (χ1) is 7.97. The fraction of sp³-hybridized carbons (Fsp3) is 0.818. The monoisotopic (exact) mass is 278 g/mol. The zero-order valence-corrected chi connectivity index (χ0v) is 11.8. The number of amides is 3. The van der Waals surface area contributed by atoms with Crippen LogP contribution in [0.25, 0.3) is 0 Å². The number of hydrogen-bond acceptors (Lipinski definition) is 4. The molecule has 1 aliphatic heterocycles. The van der Waals surface area contributed by atoms with E-state index in [0.29, 0.717) is 12.5 Å². The van der Waals surface area contributed by atoms with Gasteiger partial charge in [0.15, 0.2) is 0 Å². The number of urea groups is 1. The average molecular weight is 279 g/mol. The maximum absolute atomic E-state index is 11.5. The van der Waals surface area contributed by atoms with Crippen LogP contribution in [0, 0.1) is 5.92 Å². The Hall–Kier alpha value is -0.850. The van der Waals surface area contributed by atoms with Gasteiger partial charge in [0.1, 0.15) is 0 Å². The smallest absolute Gasteiger partial charge is 0.321 e. The van der Waals surface area contributed by atoms with Crippen molar-refractivity contribution in [3.05, 3.63) is 0 Å². The predicted octanol–water partition coefficient (Wildman–Crippen LogP) is -0.0770. The maximum Gasteiger partial charge on any atom is 0.321 e. The molecule has 0 aromatic heterocycles. The first-order valence-corrected chi connectivity index (χ1v) is 6.03. The highest BCUT2D eigenvalue weighted by Gasteiger charge is 2.21. The molecule has 106 valence electrons. The van der Waals surface area contributed by atoms with Crippen LogP contribution in [0.3, 0.4) is 0 Å². The van der Waals surface area contributed by atoms with Crippen LogP contribution >= 0.6 is 12.4 Å². The molecule has 0 radical (unpaired) electrons. The molecule has 0 unspecified atom stereocenters. The average Bonchev–Trinajstić information content (AvgIpc) is 2.60. The molecule has 1 fully saturated rings. The van der Waals surface area contributed by atoms with E-state index in [1.807, 2.05) is 18.7 Å². The van der Waals surface area contributed by atoms with Gasteiger partial charge in [0.2, 0.25) is 5.91 Å². The minimum atomic E-state index is -0.424. The lowest BCUT2D eigenvalue weighted by Crippen LogP contribution is -2.45. The van der Waals surface area contributed by atoms with Crippen molar-refractivity contribution < 1.29 is 9.59 Å². The number of nitrogens with two attached hydrogens (primary N) is 1. The van der Waals surface area contributed by atoms with E-state index in [2.05, 4.69) is 10.6 Å². The van der Waals surface area contributed by atoms with E-state index in [-0.39, 0.29) is 30.9 Å². The van der Waals surface area contributed by atoms with Gasteiger partial charge in [-0.1, -0.05) is 13.8 Å². The molecule has 0 saturated carbocycles. The van der Waals surface area contributed by atoms with Gasteiger partial charge in [0.25, 0.3) is 0 Å². The second-order valence-electron chi connectivity index (χ2n) is 4.94. The van der Waals surface area contributed by atoms with Crippen LogP contribution in [0.2, 0.25) is 0 Å². The van der Waals surface area contributed by atoms with Gasteiger partial charge in [-0.15, -0.1) is 12.4 Å². The van der Waals surface area contributed by atoms with Gasteiger partial charge in [0, 0.05) is 25.7 Å². The second kappa shape index (κ2) is 8.29.